The highest BCUT2D eigenvalue weighted by Gasteiger charge is 2.12. The van der Waals surface area contributed by atoms with Crippen molar-refractivity contribution >= 4 is 46.5 Å². The Morgan fingerprint density at radius 1 is 1.13 bits per heavy atom. The molecule has 0 bridgehead atoms. The molecule has 2 N–H and O–H groups in total. The molecule has 0 aromatic heterocycles. The van der Waals surface area contributed by atoms with Gasteiger partial charge in [-0.05, 0) is 42.5 Å². The number of carbonyl (C=O) groups excluding carboxylic acids is 2. The molecule has 8 heteroatoms. The molecule has 5 nitrogen and oxygen atoms in total. The smallest absolute Gasteiger partial charge is 0.260 e. The molecule has 0 fully saturated rings. The summed E-state index contributed by atoms with van der Waals surface area (Å²) in [5.74, 6) is -2.85. The van der Waals surface area contributed by atoms with Gasteiger partial charge in [0, 0.05) is 16.3 Å². The van der Waals surface area contributed by atoms with Crippen molar-refractivity contribution in [3.8, 4) is 0 Å². The van der Waals surface area contributed by atoms with Gasteiger partial charge in [0.25, 0.3) is 5.91 Å². The molecule has 0 radical (unpaired) electrons. The molecule has 0 aliphatic rings. The fraction of sp³-hybridized carbons (Fsp3) is 0. The fourth-order valence-corrected chi connectivity index (χ4v) is 2.14. The summed E-state index contributed by atoms with van der Waals surface area (Å²) >= 11 is 10.7. The average molecular weight is 352 g/mol. The molecule has 0 spiro atoms. The minimum absolute atomic E-state index is 0.0110. The van der Waals surface area contributed by atoms with Crippen LogP contribution in [0.3, 0.4) is 0 Å². The van der Waals surface area contributed by atoms with E-state index in [9.17, 15) is 19.1 Å². The normalized spacial score (nSPS) is 10.0. The lowest BCUT2D eigenvalue weighted by Gasteiger charge is -2.12. The Bertz CT molecular complexity index is 798. The number of nitrogens with one attached hydrogen (secondary N) is 2. The molecule has 0 aliphatic heterocycles. The Labute approximate surface area is 141 Å². The number of carboxylic acid groups (broad SMARTS) is 1. The molecule has 0 aliphatic carbocycles. The Morgan fingerprint density at radius 2 is 1.83 bits per heavy atom. The van der Waals surface area contributed by atoms with Gasteiger partial charge in [-0.1, -0.05) is 23.7 Å². The lowest BCUT2D eigenvalue weighted by Crippen LogP contribution is -2.34. The number of benzene rings is 2. The maximum absolute atomic E-state index is 13.5. The number of amides is 1. The number of anilines is 1. The SMILES string of the molecule is O=C(NC(=S)Nc1ccc(Cl)c(C(=O)[O-])c1)c1ccccc1F. The third kappa shape index (κ3) is 4.24. The molecule has 2 aromatic rings. The van der Waals surface area contributed by atoms with Crippen LogP contribution in [0.1, 0.15) is 20.7 Å². The van der Waals surface area contributed by atoms with E-state index in [-0.39, 0.29) is 26.9 Å². The minimum atomic E-state index is -1.44. The Balaban J connectivity index is 2.08. The summed E-state index contributed by atoms with van der Waals surface area (Å²) < 4.78 is 13.5. The summed E-state index contributed by atoms with van der Waals surface area (Å²) in [6, 6.07) is 9.45. The molecule has 0 saturated heterocycles. The zero-order chi connectivity index (χ0) is 17.0. The van der Waals surface area contributed by atoms with Crippen molar-refractivity contribution in [1.29, 1.82) is 0 Å². The van der Waals surface area contributed by atoms with Gasteiger partial charge in [0.1, 0.15) is 5.82 Å². The van der Waals surface area contributed by atoms with Crippen LogP contribution in [-0.4, -0.2) is 17.0 Å². The van der Waals surface area contributed by atoms with Crippen molar-refractivity contribution < 1.29 is 19.1 Å². The van der Waals surface area contributed by atoms with Gasteiger partial charge in [-0.2, -0.15) is 0 Å². The van der Waals surface area contributed by atoms with E-state index in [0.29, 0.717) is 0 Å². The first-order valence-electron chi connectivity index (χ1n) is 6.26. The summed E-state index contributed by atoms with van der Waals surface area (Å²) in [4.78, 5) is 22.8. The summed E-state index contributed by atoms with van der Waals surface area (Å²) in [6.07, 6.45) is 0. The van der Waals surface area contributed by atoms with E-state index in [4.69, 9.17) is 23.8 Å². The third-order valence-corrected chi connectivity index (χ3v) is 3.32. The molecule has 0 atom stereocenters. The first-order valence-corrected chi connectivity index (χ1v) is 7.05. The second-order valence-corrected chi connectivity index (χ2v) is 5.19. The highest BCUT2D eigenvalue weighted by atomic mass is 35.5. The molecule has 0 heterocycles. The standard InChI is InChI=1S/C15H10ClFN2O3S/c16-11-6-5-8(7-10(11)14(21)22)18-15(23)19-13(20)9-3-1-2-4-12(9)17/h1-7H,(H,21,22)(H2,18,19,20,23)/p-1. The molecule has 1 amide bonds. The van der Waals surface area contributed by atoms with Gasteiger partial charge < -0.3 is 15.2 Å². The second-order valence-electron chi connectivity index (χ2n) is 4.37. The largest absolute Gasteiger partial charge is 0.545 e. The van der Waals surface area contributed by atoms with Crippen LogP contribution in [0.15, 0.2) is 42.5 Å². The van der Waals surface area contributed by atoms with Gasteiger partial charge in [0.2, 0.25) is 0 Å². The van der Waals surface area contributed by atoms with Crippen molar-refractivity contribution in [2.75, 3.05) is 5.32 Å². The van der Waals surface area contributed by atoms with E-state index in [1.165, 1.54) is 36.4 Å². The predicted molar refractivity (Wildman–Crippen MR) is 85.9 cm³/mol. The molecule has 23 heavy (non-hydrogen) atoms. The van der Waals surface area contributed by atoms with Crippen LogP contribution in [-0.2, 0) is 0 Å². The van der Waals surface area contributed by atoms with E-state index in [0.717, 1.165) is 6.07 Å². The molecular weight excluding hydrogens is 343 g/mol. The maximum Gasteiger partial charge on any atom is 0.260 e. The summed E-state index contributed by atoms with van der Waals surface area (Å²) in [5, 5.41) is 15.7. The number of thiocarbonyl (C=S) groups is 1. The number of aromatic carboxylic acids is 1. The van der Waals surface area contributed by atoms with Crippen LogP contribution in [0.5, 0.6) is 0 Å². The summed E-state index contributed by atoms with van der Waals surface area (Å²) in [7, 11) is 0. The highest BCUT2D eigenvalue weighted by Crippen LogP contribution is 2.20. The van der Waals surface area contributed by atoms with E-state index >= 15 is 0 Å². The lowest BCUT2D eigenvalue weighted by atomic mass is 10.2. The van der Waals surface area contributed by atoms with Crippen molar-refractivity contribution in [1.82, 2.24) is 5.32 Å². The second kappa shape index (κ2) is 7.17. The fourth-order valence-electron chi connectivity index (χ4n) is 1.74. The van der Waals surface area contributed by atoms with Gasteiger partial charge in [-0.3, -0.25) is 10.1 Å². The highest BCUT2D eigenvalue weighted by molar-refractivity contribution is 7.80. The van der Waals surface area contributed by atoms with Crippen molar-refractivity contribution in [2.24, 2.45) is 0 Å². The molecule has 2 aromatic carbocycles. The van der Waals surface area contributed by atoms with Gasteiger partial charge in [-0.25, -0.2) is 4.39 Å². The Hall–Kier alpha value is -2.51. The van der Waals surface area contributed by atoms with E-state index in [2.05, 4.69) is 10.6 Å². The summed E-state index contributed by atoms with van der Waals surface area (Å²) in [6.45, 7) is 0. The Kier molecular flexibility index (Phi) is 5.25. The topological polar surface area (TPSA) is 81.3 Å². The number of rotatable bonds is 3. The zero-order valence-electron chi connectivity index (χ0n) is 11.4. The first kappa shape index (κ1) is 16.9. The molecular formula is C15H9ClFN2O3S-. The van der Waals surface area contributed by atoms with E-state index in [1.807, 2.05) is 0 Å². The van der Waals surface area contributed by atoms with E-state index < -0.39 is 17.7 Å². The lowest BCUT2D eigenvalue weighted by molar-refractivity contribution is -0.255. The molecule has 2 rings (SSSR count). The average Bonchev–Trinajstić information content (AvgIpc) is 2.49. The number of carbonyl (C=O) groups is 2. The van der Waals surface area contributed by atoms with Crippen LogP contribution in [0.2, 0.25) is 5.02 Å². The number of hydrogen-bond donors (Lipinski definition) is 2. The monoisotopic (exact) mass is 351 g/mol. The van der Waals surface area contributed by atoms with Gasteiger partial charge in [0.15, 0.2) is 5.11 Å². The predicted octanol–water partition coefficient (Wildman–Crippen LogP) is 1.97. The molecule has 118 valence electrons. The number of halogens is 2. The van der Waals surface area contributed by atoms with Gasteiger partial charge in [0.05, 0.1) is 11.5 Å². The van der Waals surface area contributed by atoms with Crippen LogP contribution in [0, 0.1) is 5.82 Å². The maximum atomic E-state index is 13.5. The van der Waals surface area contributed by atoms with Gasteiger partial charge in [-0.15, -0.1) is 0 Å². The Morgan fingerprint density at radius 3 is 2.48 bits per heavy atom. The van der Waals surface area contributed by atoms with Crippen LogP contribution in [0.25, 0.3) is 0 Å². The van der Waals surface area contributed by atoms with Crippen LogP contribution < -0.4 is 15.7 Å². The molecule has 0 saturated carbocycles. The third-order valence-electron chi connectivity index (χ3n) is 2.79. The van der Waals surface area contributed by atoms with Crippen molar-refractivity contribution in [2.45, 2.75) is 0 Å². The van der Waals surface area contributed by atoms with Crippen LogP contribution in [0.4, 0.5) is 10.1 Å². The van der Waals surface area contributed by atoms with Crippen LogP contribution >= 0.6 is 23.8 Å². The van der Waals surface area contributed by atoms with Crippen molar-refractivity contribution in [3.05, 3.63) is 64.4 Å². The molecule has 0 unspecified atom stereocenters. The summed E-state index contributed by atoms with van der Waals surface area (Å²) in [5.41, 5.74) is -0.101. The quantitative estimate of drug-likeness (QED) is 0.826. The zero-order valence-corrected chi connectivity index (χ0v) is 13.0. The van der Waals surface area contributed by atoms with E-state index in [1.54, 1.807) is 0 Å². The minimum Gasteiger partial charge on any atom is -0.545 e. The number of hydrogen-bond acceptors (Lipinski definition) is 4. The number of carboxylic acids is 1. The first-order chi connectivity index (χ1) is 10.9. The van der Waals surface area contributed by atoms with Crippen molar-refractivity contribution in [3.63, 3.8) is 0 Å². The van der Waals surface area contributed by atoms with Gasteiger partial charge >= 0.3 is 0 Å².